The number of hydrogen-bond acceptors (Lipinski definition) is 3. The Morgan fingerprint density at radius 3 is 2.85 bits per heavy atom. The number of benzene rings is 1. The van der Waals surface area contributed by atoms with E-state index in [9.17, 15) is 8.42 Å². The van der Waals surface area contributed by atoms with E-state index >= 15 is 0 Å². The molecule has 1 aromatic rings. The molecule has 2 N–H and O–H groups in total. The van der Waals surface area contributed by atoms with Crippen LogP contribution in [-0.4, -0.2) is 26.8 Å². The van der Waals surface area contributed by atoms with Crippen molar-refractivity contribution in [1.29, 1.82) is 0 Å². The van der Waals surface area contributed by atoms with Crippen LogP contribution >= 0.6 is 27.5 Å². The van der Waals surface area contributed by atoms with E-state index in [4.69, 9.17) is 11.6 Å². The normalized spacial score (nSPS) is 19.8. The van der Waals surface area contributed by atoms with E-state index in [0.29, 0.717) is 27.6 Å². The van der Waals surface area contributed by atoms with Crippen LogP contribution in [-0.2, 0) is 10.0 Å². The Balaban J connectivity index is 1.93. The third-order valence-corrected chi connectivity index (χ3v) is 5.54. The average Bonchev–Trinajstić information content (AvgIpc) is 2.41. The molecule has 1 heterocycles. The summed E-state index contributed by atoms with van der Waals surface area (Å²) in [5.41, 5.74) is 0.519. The second-order valence-electron chi connectivity index (χ2n) is 4.98. The lowest BCUT2D eigenvalue weighted by Gasteiger charge is -2.23. The summed E-state index contributed by atoms with van der Waals surface area (Å²) in [4.78, 5) is 0. The average molecular weight is 382 g/mol. The molecular formula is C13H18BrClN2O2S. The zero-order chi connectivity index (χ0) is 14.6. The molecule has 4 nitrogen and oxygen atoms in total. The van der Waals surface area contributed by atoms with Gasteiger partial charge in [-0.25, -0.2) is 8.42 Å². The van der Waals surface area contributed by atoms with E-state index in [2.05, 4.69) is 26.0 Å². The van der Waals surface area contributed by atoms with Gasteiger partial charge in [0.05, 0.1) is 11.4 Å². The fraction of sp³-hybridized carbons (Fsp3) is 0.538. The molecule has 0 amide bonds. The van der Waals surface area contributed by atoms with Gasteiger partial charge in [-0.3, -0.25) is 4.72 Å². The summed E-state index contributed by atoms with van der Waals surface area (Å²) in [6, 6.07) is 5.30. The molecule has 2 rings (SSSR count). The molecule has 0 aromatic heterocycles. The number of halogens is 2. The van der Waals surface area contributed by atoms with Crippen molar-refractivity contribution in [2.24, 2.45) is 0 Å². The molecule has 112 valence electrons. The topological polar surface area (TPSA) is 58.2 Å². The minimum atomic E-state index is -3.33. The smallest absolute Gasteiger partial charge is 0.232 e. The Morgan fingerprint density at radius 2 is 2.20 bits per heavy atom. The van der Waals surface area contributed by atoms with Gasteiger partial charge in [0.15, 0.2) is 0 Å². The second-order valence-corrected chi connectivity index (χ2v) is 8.11. The SMILES string of the molecule is O=S(=O)(CCC1CCCCN1)Nc1ccc(Cl)cc1Br. The van der Waals surface area contributed by atoms with Crippen molar-refractivity contribution in [2.45, 2.75) is 31.7 Å². The quantitative estimate of drug-likeness (QED) is 0.822. The Hall–Kier alpha value is -0.300. The van der Waals surface area contributed by atoms with Crippen LogP contribution in [0.4, 0.5) is 5.69 Å². The number of piperidine rings is 1. The first-order valence-electron chi connectivity index (χ1n) is 6.65. The van der Waals surface area contributed by atoms with Gasteiger partial charge in [-0.05, 0) is 59.9 Å². The summed E-state index contributed by atoms with van der Waals surface area (Å²) in [7, 11) is -3.33. The minimum absolute atomic E-state index is 0.125. The summed E-state index contributed by atoms with van der Waals surface area (Å²) in [5.74, 6) is 0.125. The lowest BCUT2D eigenvalue weighted by atomic mass is 10.0. The Kier molecular flexibility index (Phi) is 5.72. The fourth-order valence-electron chi connectivity index (χ4n) is 2.26. The molecule has 1 aliphatic rings. The molecule has 1 saturated heterocycles. The van der Waals surface area contributed by atoms with E-state index in [1.807, 2.05) is 0 Å². The summed E-state index contributed by atoms with van der Waals surface area (Å²) < 4.78 is 27.4. The van der Waals surface area contributed by atoms with Crippen molar-refractivity contribution < 1.29 is 8.42 Å². The highest BCUT2D eigenvalue weighted by Gasteiger charge is 2.18. The van der Waals surface area contributed by atoms with Gasteiger partial charge in [-0.1, -0.05) is 18.0 Å². The maximum atomic E-state index is 12.1. The van der Waals surface area contributed by atoms with Crippen molar-refractivity contribution in [1.82, 2.24) is 5.32 Å². The molecule has 0 bridgehead atoms. The Labute approximate surface area is 133 Å². The molecule has 0 saturated carbocycles. The third kappa shape index (κ3) is 4.91. The predicted octanol–water partition coefficient (Wildman–Crippen LogP) is 3.38. The standard InChI is InChI=1S/C13H18BrClN2O2S/c14-12-9-10(15)4-5-13(12)17-20(18,19)8-6-11-3-1-2-7-16-11/h4-5,9,11,16-17H,1-3,6-8H2. The highest BCUT2D eigenvalue weighted by atomic mass is 79.9. The number of nitrogens with one attached hydrogen (secondary N) is 2. The Bertz CT molecular complexity index is 559. The molecule has 1 aromatic carbocycles. The molecule has 20 heavy (non-hydrogen) atoms. The van der Waals surface area contributed by atoms with Crippen LogP contribution in [0.15, 0.2) is 22.7 Å². The molecule has 0 spiro atoms. The van der Waals surface area contributed by atoms with Gasteiger partial charge >= 0.3 is 0 Å². The van der Waals surface area contributed by atoms with Crippen molar-refractivity contribution in [2.75, 3.05) is 17.0 Å². The van der Waals surface area contributed by atoms with Crippen LogP contribution in [0.3, 0.4) is 0 Å². The molecular weight excluding hydrogens is 364 g/mol. The van der Waals surface area contributed by atoms with Gasteiger partial charge < -0.3 is 5.32 Å². The molecule has 0 radical (unpaired) electrons. The molecule has 0 aliphatic carbocycles. The first-order chi connectivity index (χ1) is 9.46. The van der Waals surface area contributed by atoms with Gasteiger partial charge in [0, 0.05) is 15.5 Å². The third-order valence-electron chi connectivity index (χ3n) is 3.34. The van der Waals surface area contributed by atoms with E-state index in [1.165, 1.54) is 12.8 Å². The maximum absolute atomic E-state index is 12.1. The maximum Gasteiger partial charge on any atom is 0.232 e. The van der Waals surface area contributed by atoms with Crippen molar-refractivity contribution in [3.63, 3.8) is 0 Å². The van der Waals surface area contributed by atoms with Crippen molar-refractivity contribution in [3.05, 3.63) is 27.7 Å². The van der Waals surface area contributed by atoms with Crippen molar-refractivity contribution >= 4 is 43.2 Å². The molecule has 1 aliphatic heterocycles. The first kappa shape index (κ1) is 16.1. The van der Waals surface area contributed by atoms with Gasteiger partial charge in [-0.2, -0.15) is 0 Å². The number of anilines is 1. The van der Waals surface area contributed by atoms with Gasteiger partial charge in [0.1, 0.15) is 0 Å². The number of sulfonamides is 1. The molecule has 7 heteroatoms. The zero-order valence-corrected chi connectivity index (χ0v) is 14.2. The van der Waals surface area contributed by atoms with Crippen LogP contribution in [0.25, 0.3) is 0 Å². The number of hydrogen-bond donors (Lipinski definition) is 2. The van der Waals surface area contributed by atoms with E-state index < -0.39 is 10.0 Å². The zero-order valence-electron chi connectivity index (χ0n) is 11.0. The van der Waals surface area contributed by atoms with Gasteiger partial charge in [0.2, 0.25) is 10.0 Å². The van der Waals surface area contributed by atoms with Gasteiger partial charge in [0.25, 0.3) is 0 Å². The van der Waals surface area contributed by atoms with Crippen LogP contribution in [0.5, 0.6) is 0 Å². The van der Waals surface area contributed by atoms with Gasteiger partial charge in [-0.15, -0.1) is 0 Å². The monoisotopic (exact) mass is 380 g/mol. The molecule has 1 fully saturated rings. The number of rotatable bonds is 5. The predicted molar refractivity (Wildman–Crippen MR) is 86.8 cm³/mol. The van der Waals surface area contributed by atoms with Crippen LogP contribution in [0.2, 0.25) is 5.02 Å². The summed E-state index contributed by atoms with van der Waals surface area (Å²) in [6.45, 7) is 0.987. The molecule has 1 unspecified atom stereocenters. The largest absolute Gasteiger partial charge is 0.314 e. The Morgan fingerprint density at radius 1 is 1.40 bits per heavy atom. The summed E-state index contributed by atoms with van der Waals surface area (Å²) >= 11 is 9.14. The minimum Gasteiger partial charge on any atom is -0.314 e. The summed E-state index contributed by atoms with van der Waals surface area (Å²) in [6.07, 6.45) is 4.05. The fourth-order valence-corrected chi connectivity index (χ4v) is 4.38. The van der Waals surface area contributed by atoms with Crippen LogP contribution in [0, 0.1) is 0 Å². The van der Waals surface area contributed by atoms with Crippen LogP contribution in [0.1, 0.15) is 25.7 Å². The highest BCUT2D eigenvalue weighted by Crippen LogP contribution is 2.27. The lowest BCUT2D eigenvalue weighted by molar-refractivity contribution is 0.393. The van der Waals surface area contributed by atoms with Crippen LogP contribution < -0.4 is 10.0 Å². The molecule has 1 atom stereocenters. The lowest BCUT2D eigenvalue weighted by Crippen LogP contribution is -2.36. The first-order valence-corrected chi connectivity index (χ1v) is 9.47. The van der Waals surface area contributed by atoms with E-state index in [-0.39, 0.29) is 5.75 Å². The second kappa shape index (κ2) is 7.11. The van der Waals surface area contributed by atoms with E-state index in [0.717, 1.165) is 13.0 Å². The van der Waals surface area contributed by atoms with E-state index in [1.54, 1.807) is 18.2 Å². The highest BCUT2D eigenvalue weighted by molar-refractivity contribution is 9.10. The van der Waals surface area contributed by atoms with Crippen molar-refractivity contribution in [3.8, 4) is 0 Å². The summed E-state index contributed by atoms with van der Waals surface area (Å²) in [5, 5.41) is 3.92.